The number of hydrogen-bond donors (Lipinski definition) is 1. The Kier molecular flexibility index (Phi) is 7.03. The van der Waals surface area contributed by atoms with Gasteiger partial charge in [-0.2, -0.15) is 0 Å². The summed E-state index contributed by atoms with van der Waals surface area (Å²) in [7, 11) is 0. The minimum Gasteiger partial charge on any atom is -0.507 e. The number of nitrogens with zero attached hydrogens (tertiary/aromatic N) is 3. The first-order valence-electron chi connectivity index (χ1n) is 11.1. The lowest BCUT2D eigenvalue weighted by Gasteiger charge is -2.25. The molecule has 1 aromatic heterocycles. The van der Waals surface area contributed by atoms with Crippen molar-refractivity contribution in [1.29, 1.82) is 0 Å². The van der Waals surface area contributed by atoms with Crippen molar-refractivity contribution < 1.29 is 19.4 Å². The van der Waals surface area contributed by atoms with Crippen LogP contribution in [0.3, 0.4) is 0 Å². The molecule has 0 saturated carbocycles. The molecular weight excluding hydrogens is 454 g/mol. The predicted molar refractivity (Wildman–Crippen MR) is 130 cm³/mol. The summed E-state index contributed by atoms with van der Waals surface area (Å²) in [6.07, 6.45) is 5.87. The fraction of sp³-hybridized carbons (Fsp3) is 0.269. The molecule has 0 bridgehead atoms. The first-order valence-corrected chi connectivity index (χ1v) is 11.5. The fourth-order valence-electron chi connectivity index (χ4n) is 4.06. The minimum atomic E-state index is -0.716. The number of ether oxygens (including phenoxy) is 1. The number of carbonyl (C=O) groups excluding carboxylic acids is 2. The van der Waals surface area contributed by atoms with E-state index in [9.17, 15) is 14.7 Å². The van der Waals surface area contributed by atoms with Gasteiger partial charge in [-0.3, -0.25) is 9.59 Å². The number of amides is 1. The summed E-state index contributed by atoms with van der Waals surface area (Å²) in [5.41, 5.74) is 1.20. The Morgan fingerprint density at radius 2 is 1.79 bits per heavy atom. The molecule has 1 N–H and O–H groups in total. The number of benzene rings is 2. The number of ketones is 1. The Hall–Kier alpha value is -3.58. The van der Waals surface area contributed by atoms with Crippen molar-refractivity contribution in [2.24, 2.45) is 0 Å². The van der Waals surface area contributed by atoms with Crippen molar-refractivity contribution in [1.82, 2.24) is 14.5 Å². The van der Waals surface area contributed by atoms with Crippen molar-refractivity contribution in [2.75, 3.05) is 6.54 Å². The summed E-state index contributed by atoms with van der Waals surface area (Å²) in [6, 6.07) is 13.1. The number of rotatable bonds is 8. The number of halogens is 1. The third kappa shape index (κ3) is 4.99. The summed E-state index contributed by atoms with van der Waals surface area (Å²) < 4.78 is 7.57. The molecule has 0 spiro atoms. The molecule has 0 radical (unpaired) electrons. The van der Waals surface area contributed by atoms with Gasteiger partial charge < -0.3 is 19.3 Å². The van der Waals surface area contributed by atoms with Gasteiger partial charge >= 0.3 is 0 Å². The molecule has 1 fully saturated rings. The number of hydrogen-bond acceptors (Lipinski definition) is 5. The fourth-order valence-corrected chi connectivity index (χ4v) is 4.19. The van der Waals surface area contributed by atoms with E-state index in [-0.39, 0.29) is 17.4 Å². The van der Waals surface area contributed by atoms with Gasteiger partial charge in [-0.1, -0.05) is 23.7 Å². The number of likely N-dealkylation sites (tertiary alicyclic amines) is 1. The highest BCUT2D eigenvalue weighted by Crippen LogP contribution is 2.40. The number of aromatic nitrogens is 2. The van der Waals surface area contributed by atoms with Gasteiger partial charge in [0.1, 0.15) is 11.5 Å². The topological polar surface area (TPSA) is 84.7 Å². The Morgan fingerprint density at radius 3 is 2.41 bits per heavy atom. The van der Waals surface area contributed by atoms with Crippen LogP contribution >= 0.6 is 11.6 Å². The average Bonchev–Trinajstić information content (AvgIpc) is 3.42. The van der Waals surface area contributed by atoms with E-state index in [1.807, 2.05) is 24.6 Å². The zero-order chi connectivity index (χ0) is 24.2. The van der Waals surface area contributed by atoms with Crippen LogP contribution in [-0.2, 0) is 16.1 Å². The van der Waals surface area contributed by atoms with Crippen molar-refractivity contribution in [3.63, 3.8) is 0 Å². The maximum atomic E-state index is 13.1. The first kappa shape index (κ1) is 23.6. The second kappa shape index (κ2) is 10.1. The van der Waals surface area contributed by atoms with E-state index in [0.29, 0.717) is 41.4 Å². The number of imidazole rings is 1. The molecule has 1 aliphatic heterocycles. The largest absolute Gasteiger partial charge is 0.507 e. The number of Topliss-reactive ketones (excluding diaryl/α,β-unsaturated/α-hetero) is 1. The molecule has 3 aromatic rings. The Bertz CT molecular complexity index is 1190. The van der Waals surface area contributed by atoms with E-state index in [4.69, 9.17) is 16.3 Å². The van der Waals surface area contributed by atoms with Gasteiger partial charge in [0.2, 0.25) is 0 Å². The van der Waals surface area contributed by atoms with Crippen LogP contribution in [0.2, 0.25) is 5.02 Å². The molecule has 1 amide bonds. The zero-order valence-corrected chi connectivity index (χ0v) is 19.8. The standard InChI is InChI=1S/C26H26ClN3O4/c1-17(2)34-21-10-6-19(7-11-21)24(31)22-23(18-4-8-20(27)9-5-18)30(26(33)25(22)32)14-3-13-29-15-12-28-16-29/h4-12,15-17,23,31H,3,13-14H2,1-2H3/t23-/m1/s1. The molecule has 4 rings (SSSR count). The van der Waals surface area contributed by atoms with E-state index in [2.05, 4.69) is 4.98 Å². The molecule has 1 saturated heterocycles. The second-order valence-electron chi connectivity index (χ2n) is 8.39. The number of aryl methyl sites for hydroxylation is 1. The SMILES string of the molecule is CC(C)Oc1ccc(C(O)=C2C(=O)C(=O)N(CCCn3ccnc3)[C@@H]2c2ccc(Cl)cc2)cc1. The Morgan fingerprint density at radius 1 is 1.09 bits per heavy atom. The lowest BCUT2D eigenvalue weighted by molar-refractivity contribution is -0.139. The molecule has 1 aliphatic rings. The van der Waals surface area contributed by atoms with Gasteiger partial charge in [0.25, 0.3) is 11.7 Å². The molecule has 1 atom stereocenters. The van der Waals surface area contributed by atoms with Crippen molar-refractivity contribution in [3.05, 3.63) is 89.0 Å². The molecule has 34 heavy (non-hydrogen) atoms. The third-order valence-electron chi connectivity index (χ3n) is 5.60. The van der Waals surface area contributed by atoms with Crippen LogP contribution in [0.4, 0.5) is 0 Å². The number of carbonyl (C=O) groups is 2. The van der Waals surface area contributed by atoms with Gasteiger partial charge in [-0.05, 0) is 62.2 Å². The number of aliphatic hydroxyl groups is 1. The molecule has 2 heterocycles. The van der Waals surface area contributed by atoms with Crippen molar-refractivity contribution in [2.45, 2.75) is 39.0 Å². The van der Waals surface area contributed by atoms with Crippen LogP contribution in [0.5, 0.6) is 5.75 Å². The Labute approximate surface area is 203 Å². The highest BCUT2D eigenvalue weighted by atomic mass is 35.5. The molecule has 176 valence electrons. The van der Waals surface area contributed by atoms with Crippen LogP contribution in [0.1, 0.15) is 37.4 Å². The van der Waals surface area contributed by atoms with Gasteiger partial charge in [0, 0.05) is 36.1 Å². The van der Waals surface area contributed by atoms with Crippen molar-refractivity contribution >= 4 is 29.1 Å². The van der Waals surface area contributed by atoms with E-state index in [1.165, 1.54) is 4.90 Å². The van der Waals surface area contributed by atoms with Crippen LogP contribution < -0.4 is 4.74 Å². The predicted octanol–water partition coefficient (Wildman–Crippen LogP) is 4.84. The van der Waals surface area contributed by atoms with Crippen LogP contribution in [0.25, 0.3) is 5.76 Å². The lowest BCUT2D eigenvalue weighted by Crippen LogP contribution is -2.31. The molecule has 7 nitrogen and oxygen atoms in total. The molecule has 0 aliphatic carbocycles. The molecule has 8 heteroatoms. The van der Waals surface area contributed by atoms with Crippen LogP contribution in [0, 0.1) is 0 Å². The second-order valence-corrected chi connectivity index (χ2v) is 8.83. The lowest BCUT2D eigenvalue weighted by atomic mass is 9.95. The first-order chi connectivity index (χ1) is 16.3. The highest BCUT2D eigenvalue weighted by Gasteiger charge is 2.45. The van der Waals surface area contributed by atoms with E-state index < -0.39 is 17.7 Å². The summed E-state index contributed by atoms with van der Waals surface area (Å²) in [6.45, 7) is 4.84. The summed E-state index contributed by atoms with van der Waals surface area (Å²) in [5, 5.41) is 11.7. The molecule has 0 unspecified atom stereocenters. The highest BCUT2D eigenvalue weighted by molar-refractivity contribution is 6.46. The average molecular weight is 480 g/mol. The monoisotopic (exact) mass is 479 g/mol. The summed E-state index contributed by atoms with van der Waals surface area (Å²) >= 11 is 6.07. The maximum absolute atomic E-state index is 13.1. The maximum Gasteiger partial charge on any atom is 0.295 e. The van der Waals surface area contributed by atoms with Crippen LogP contribution in [0.15, 0.2) is 72.8 Å². The van der Waals surface area contributed by atoms with Crippen LogP contribution in [-0.4, -0.2) is 43.9 Å². The summed E-state index contributed by atoms with van der Waals surface area (Å²) in [5.74, 6) is -0.901. The van der Waals surface area contributed by atoms with Gasteiger partial charge in [0.05, 0.1) is 24.0 Å². The van der Waals surface area contributed by atoms with Gasteiger partial charge in [0.15, 0.2) is 0 Å². The minimum absolute atomic E-state index is 0.0111. The van der Waals surface area contributed by atoms with Gasteiger partial charge in [-0.15, -0.1) is 0 Å². The normalized spacial score (nSPS) is 17.5. The zero-order valence-electron chi connectivity index (χ0n) is 19.0. The smallest absolute Gasteiger partial charge is 0.295 e. The summed E-state index contributed by atoms with van der Waals surface area (Å²) in [4.78, 5) is 31.7. The Balaban J connectivity index is 1.69. The number of aliphatic hydroxyl groups excluding tert-OH is 1. The van der Waals surface area contributed by atoms with Gasteiger partial charge in [-0.25, -0.2) is 4.98 Å². The third-order valence-corrected chi connectivity index (χ3v) is 5.85. The molecular formula is C26H26ClN3O4. The van der Waals surface area contributed by atoms with E-state index >= 15 is 0 Å². The van der Waals surface area contributed by atoms with E-state index in [0.717, 1.165) is 0 Å². The van der Waals surface area contributed by atoms with Crippen molar-refractivity contribution in [3.8, 4) is 5.75 Å². The quantitative estimate of drug-likeness (QED) is 0.284. The molecule has 2 aromatic carbocycles. The van der Waals surface area contributed by atoms with E-state index in [1.54, 1.807) is 61.1 Å².